The summed E-state index contributed by atoms with van der Waals surface area (Å²) in [6.45, 7) is 0.261. The van der Waals surface area contributed by atoms with Gasteiger partial charge < -0.3 is 16.0 Å². The number of anilines is 1. The molecule has 0 aliphatic heterocycles. The lowest BCUT2D eigenvalue weighted by Crippen LogP contribution is -2.39. The Morgan fingerprint density at radius 2 is 1.96 bits per heavy atom. The van der Waals surface area contributed by atoms with Crippen molar-refractivity contribution >= 4 is 40.9 Å². The van der Waals surface area contributed by atoms with Gasteiger partial charge in [0.2, 0.25) is 5.96 Å². The van der Waals surface area contributed by atoms with Crippen molar-refractivity contribution in [3.63, 3.8) is 0 Å². The summed E-state index contributed by atoms with van der Waals surface area (Å²) in [5.74, 6) is -0.0370. The maximum absolute atomic E-state index is 11.5. The van der Waals surface area contributed by atoms with Crippen molar-refractivity contribution in [1.82, 2.24) is 10.3 Å². The van der Waals surface area contributed by atoms with Crippen LogP contribution in [-0.2, 0) is 6.54 Å². The zero-order valence-corrected chi connectivity index (χ0v) is 13.8. The maximum atomic E-state index is 11.5. The Morgan fingerprint density at radius 1 is 1.26 bits per heavy atom. The zero-order valence-electron chi connectivity index (χ0n) is 12.3. The molecule has 23 heavy (non-hydrogen) atoms. The van der Waals surface area contributed by atoms with Gasteiger partial charge in [0.05, 0.1) is 28.0 Å². The molecule has 120 valence electrons. The van der Waals surface area contributed by atoms with Gasteiger partial charge in [-0.25, -0.2) is 4.79 Å². The minimum atomic E-state index is -0.573. The molecule has 2 amide bonds. The fourth-order valence-electron chi connectivity index (χ4n) is 1.90. The highest BCUT2D eigenvalue weighted by atomic mass is 35.5. The van der Waals surface area contributed by atoms with Gasteiger partial charge in [0.15, 0.2) is 0 Å². The molecule has 0 aliphatic carbocycles. The summed E-state index contributed by atoms with van der Waals surface area (Å²) in [6.07, 6.45) is 1.66. The van der Waals surface area contributed by atoms with Crippen LogP contribution in [0, 0.1) is 0 Å². The number of carbonyl (C=O) groups is 1. The van der Waals surface area contributed by atoms with Crippen LogP contribution >= 0.6 is 23.2 Å². The highest BCUT2D eigenvalue weighted by molar-refractivity contribution is 6.40. The third kappa shape index (κ3) is 4.34. The number of nitrogens with one attached hydrogen (secondary N) is 1. The Hall–Kier alpha value is -2.31. The van der Waals surface area contributed by atoms with Crippen molar-refractivity contribution in [1.29, 1.82) is 0 Å². The highest BCUT2D eigenvalue weighted by Gasteiger charge is 2.19. The van der Waals surface area contributed by atoms with E-state index in [2.05, 4.69) is 15.3 Å². The van der Waals surface area contributed by atoms with Gasteiger partial charge in [-0.15, -0.1) is 0 Å². The average Bonchev–Trinajstić information content (AvgIpc) is 2.54. The lowest BCUT2D eigenvalue weighted by atomic mass is 10.2. The molecule has 0 spiro atoms. The summed E-state index contributed by atoms with van der Waals surface area (Å²) in [7, 11) is 1.46. The molecule has 2 rings (SSSR count). The van der Waals surface area contributed by atoms with E-state index in [0.29, 0.717) is 15.7 Å². The molecule has 2 aromatic rings. The minimum absolute atomic E-state index is 0.0370. The number of guanidine groups is 1. The molecule has 1 heterocycles. The molecular formula is C15H15Cl2N5O. The number of aliphatic imine (C=N–C) groups is 1. The Morgan fingerprint density at radius 3 is 2.52 bits per heavy atom. The second kappa shape index (κ2) is 7.80. The van der Waals surface area contributed by atoms with Crippen molar-refractivity contribution in [3.05, 3.63) is 58.3 Å². The molecule has 0 saturated carbocycles. The van der Waals surface area contributed by atoms with Crippen molar-refractivity contribution in [3.8, 4) is 0 Å². The smallest absolute Gasteiger partial charge is 0.343 e. The molecule has 3 N–H and O–H groups in total. The van der Waals surface area contributed by atoms with Crippen molar-refractivity contribution in [2.75, 3.05) is 11.9 Å². The number of halogens is 2. The van der Waals surface area contributed by atoms with Crippen LogP contribution in [0.25, 0.3) is 0 Å². The van der Waals surface area contributed by atoms with Crippen molar-refractivity contribution < 1.29 is 4.79 Å². The predicted molar refractivity (Wildman–Crippen MR) is 93.0 cm³/mol. The Labute approximate surface area is 143 Å². The first-order chi connectivity index (χ1) is 11.0. The lowest BCUT2D eigenvalue weighted by Gasteiger charge is -2.25. The van der Waals surface area contributed by atoms with Crippen LogP contribution in [0.1, 0.15) is 5.69 Å². The van der Waals surface area contributed by atoms with E-state index in [-0.39, 0.29) is 12.5 Å². The summed E-state index contributed by atoms with van der Waals surface area (Å²) in [6, 6.07) is 9.99. The topological polar surface area (TPSA) is 83.6 Å². The summed E-state index contributed by atoms with van der Waals surface area (Å²) in [5, 5.41) is 3.16. The van der Waals surface area contributed by atoms with Gasteiger partial charge in [-0.2, -0.15) is 4.99 Å². The SMILES string of the molecule is CNC(=O)N=C(N)N(Cc1ccccn1)c1c(Cl)cccc1Cl. The van der Waals surface area contributed by atoms with Crippen molar-refractivity contribution in [2.24, 2.45) is 10.7 Å². The molecule has 0 fully saturated rings. The summed E-state index contributed by atoms with van der Waals surface area (Å²) < 4.78 is 0. The molecule has 0 unspecified atom stereocenters. The summed E-state index contributed by atoms with van der Waals surface area (Å²) in [5.41, 5.74) is 7.17. The van der Waals surface area contributed by atoms with Gasteiger partial charge in [0, 0.05) is 13.2 Å². The predicted octanol–water partition coefficient (Wildman–Crippen LogP) is 3.05. The van der Waals surface area contributed by atoms with Crippen molar-refractivity contribution in [2.45, 2.75) is 6.54 Å². The molecule has 1 aromatic heterocycles. The number of rotatable bonds is 3. The van der Waals surface area contributed by atoms with Gasteiger partial charge in [-0.05, 0) is 24.3 Å². The molecule has 0 atom stereocenters. The fraction of sp³-hybridized carbons (Fsp3) is 0.133. The van der Waals surface area contributed by atoms with Gasteiger partial charge in [0.1, 0.15) is 0 Å². The fourth-order valence-corrected chi connectivity index (χ4v) is 2.50. The zero-order chi connectivity index (χ0) is 16.8. The van der Waals surface area contributed by atoms with Crippen LogP contribution in [0.3, 0.4) is 0 Å². The Balaban J connectivity index is 2.47. The normalized spacial score (nSPS) is 11.2. The molecule has 0 saturated heterocycles. The highest BCUT2D eigenvalue weighted by Crippen LogP contribution is 2.34. The number of amides is 2. The number of pyridine rings is 1. The van der Waals surface area contributed by atoms with E-state index < -0.39 is 6.03 Å². The molecule has 8 heteroatoms. The van der Waals surface area contributed by atoms with Gasteiger partial charge in [-0.1, -0.05) is 35.3 Å². The first-order valence-corrected chi connectivity index (χ1v) is 7.46. The van der Waals surface area contributed by atoms with E-state index in [9.17, 15) is 4.79 Å². The number of hydrogen-bond donors (Lipinski definition) is 2. The minimum Gasteiger partial charge on any atom is -0.369 e. The average molecular weight is 352 g/mol. The number of urea groups is 1. The van der Waals surface area contributed by atoms with Gasteiger partial charge in [-0.3, -0.25) is 4.98 Å². The molecule has 6 nitrogen and oxygen atoms in total. The van der Waals surface area contributed by atoms with E-state index in [0.717, 1.165) is 5.69 Å². The summed E-state index contributed by atoms with van der Waals surface area (Å²) in [4.78, 5) is 21.1. The number of para-hydroxylation sites is 1. The van der Waals surface area contributed by atoms with Crippen LogP contribution in [-0.4, -0.2) is 24.0 Å². The molecule has 0 aliphatic rings. The molecule has 1 aromatic carbocycles. The van der Waals surface area contributed by atoms with E-state index >= 15 is 0 Å². The lowest BCUT2D eigenvalue weighted by molar-refractivity contribution is 0.251. The van der Waals surface area contributed by atoms with E-state index in [1.54, 1.807) is 35.4 Å². The van der Waals surface area contributed by atoms with E-state index in [4.69, 9.17) is 28.9 Å². The second-order valence-corrected chi connectivity index (χ2v) is 5.32. The standard InChI is InChI=1S/C15H15Cl2N5O/c1-19-15(23)21-14(18)22(9-10-5-2-3-8-20-10)13-11(16)6-4-7-12(13)17/h2-8H,9H2,1H3,(H3,18,19,21,23). The maximum Gasteiger partial charge on any atom is 0.343 e. The molecular weight excluding hydrogens is 337 g/mol. The van der Waals surface area contributed by atoms with Crippen LogP contribution in [0.4, 0.5) is 10.5 Å². The third-order valence-corrected chi connectivity index (χ3v) is 3.57. The number of carbonyl (C=O) groups excluding carboxylic acids is 1. The third-order valence-electron chi connectivity index (χ3n) is 2.96. The van der Waals surface area contributed by atoms with E-state index in [1.165, 1.54) is 7.05 Å². The first-order valence-electron chi connectivity index (χ1n) is 6.70. The number of nitrogens with zero attached hydrogens (tertiary/aromatic N) is 3. The van der Waals surface area contributed by atoms with Crippen LogP contribution in [0.5, 0.6) is 0 Å². The number of benzene rings is 1. The quantitative estimate of drug-likeness (QED) is 0.657. The first kappa shape index (κ1) is 17.1. The summed E-state index contributed by atoms with van der Waals surface area (Å²) >= 11 is 12.5. The number of hydrogen-bond acceptors (Lipinski definition) is 2. The van der Waals surface area contributed by atoms with Crippen LogP contribution < -0.4 is 16.0 Å². The Kier molecular flexibility index (Phi) is 5.78. The number of aromatic nitrogens is 1. The molecule has 0 bridgehead atoms. The van der Waals surface area contributed by atoms with Crippen LogP contribution in [0.2, 0.25) is 10.0 Å². The second-order valence-electron chi connectivity index (χ2n) is 4.50. The van der Waals surface area contributed by atoms with Gasteiger partial charge >= 0.3 is 6.03 Å². The monoisotopic (exact) mass is 351 g/mol. The Bertz CT molecular complexity index is 701. The van der Waals surface area contributed by atoms with Crippen LogP contribution in [0.15, 0.2) is 47.6 Å². The van der Waals surface area contributed by atoms with Gasteiger partial charge in [0.25, 0.3) is 0 Å². The largest absolute Gasteiger partial charge is 0.369 e. The number of nitrogens with two attached hydrogens (primary N) is 1. The molecule has 0 radical (unpaired) electrons. The van der Waals surface area contributed by atoms with E-state index in [1.807, 2.05) is 12.1 Å².